The Kier molecular flexibility index (Phi) is 51.3. The lowest BCUT2D eigenvalue weighted by atomic mass is 10.1. The number of hydrogen-bond donors (Lipinski definition) is 0. The van der Waals surface area contributed by atoms with Crippen molar-refractivity contribution in [3.05, 3.63) is 348 Å². The lowest BCUT2D eigenvalue weighted by Gasteiger charge is -1.99. The zero-order valence-electron chi connectivity index (χ0n) is 65.1. The minimum Gasteiger partial charge on any atom is -0.497 e. The van der Waals surface area contributed by atoms with Crippen LogP contribution in [0.1, 0.15) is 137 Å². The van der Waals surface area contributed by atoms with Gasteiger partial charge >= 0.3 is 0 Å². The number of halogens is 2. The van der Waals surface area contributed by atoms with E-state index in [4.69, 9.17) is 37.2 Å². The second-order valence-electron chi connectivity index (χ2n) is 23.3. The number of aryl methyl sites for hydroxylation is 19. The van der Waals surface area contributed by atoms with E-state index in [1.807, 2.05) is 182 Å². The van der Waals surface area contributed by atoms with Crippen molar-refractivity contribution in [2.45, 2.75) is 164 Å². The number of methoxy groups -OCH3 is 2. The van der Waals surface area contributed by atoms with Crippen molar-refractivity contribution in [3.8, 4) is 11.5 Å². The number of thiazole rings is 3. The highest BCUT2D eigenvalue weighted by atomic mass is 35.5. The van der Waals surface area contributed by atoms with Gasteiger partial charge in [-0.3, -0.25) is 4.98 Å². The zero-order valence-corrected chi connectivity index (χ0v) is 69.8. The molecule has 5 heterocycles. The van der Waals surface area contributed by atoms with Crippen LogP contribution < -0.4 is 9.47 Å². The highest BCUT2D eigenvalue weighted by Crippen LogP contribution is 2.16. The molecule has 0 radical (unpaired) electrons. The van der Waals surface area contributed by atoms with E-state index in [0.717, 1.165) is 80.0 Å². The highest BCUT2D eigenvalue weighted by Gasteiger charge is 2.00. The molecule has 0 N–H and O–H groups in total. The van der Waals surface area contributed by atoms with Gasteiger partial charge in [-0.1, -0.05) is 247 Å². The predicted molar refractivity (Wildman–Crippen MR) is 451 cm³/mol. The van der Waals surface area contributed by atoms with Crippen LogP contribution >= 0.6 is 68.5 Å². The molecule has 13 aromatic rings. The Morgan fingerprint density at radius 1 is 0.359 bits per heavy atom. The van der Waals surface area contributed by atoms with Crippen molar-refractivity contribution in [2.24, 2.45) is 0 Å². The molecule has 0 fully saturated rings. The van der Waals surface area contributed by atoms with E-state index in [-0.39, 0.29) is 0 Å². The van der Waals surface area contributed by atoms with Gasteiger partial charge in [-0.15, -0.1) is 55.5 Å². The molecule has 103 heavy (non-hydrogen) atoms. The first kappa shape index (κ1) is 92.6. The summed E-state index contributed by atoms with van der Waals surface area (Å²) >= 11 is 18.0. The number of aromatic nitrogens is 6. The molecule has 15 heteroatoms. The normalized spacial score (nSPS) is 9.32. The molecule has 0 amide bonds. The van der Waals surface area contributed by atoms with E-state index >= 15 is 0 Å². The monoisotopic (exact) mass is 1500 g/mol. The molecule has 0 aliphatic carbocycles. The summed E-state index contributed by atoms with van der Waals surface area (Å²) in [7, 11) is 3.35. The summed E-state index contributed by atoms with van der Waals surface area (Å²) in [5, 5.41) is 17.9. The number of rotatable bonds is 6. The third-order valence-electron chi connectivity index (χ3n) is 14.6. The first-order chi connectivity index (χ1) is 49.2. The van der Waals surface area contributed by atoms with Crippen LogP contribution in [-0.4, -0.2) is 44.5 Å². The van der Waals surface area contributed by atoms with Gasteiger partial charge in [0, 0.05) is 36.9 Å². The average molecular weight is 1500 g/mol. The average Bonchev–Trinajstić information content (AvgIpc) is 1.87. The van der Waals surface area contributed by atoms with Gasteiger partial charge in [-0.25, -0.2) is 9.97 Å². The molecule has 0 bridgehead atoms. The summed E-state index contributed by atoms with van der Waals surface area (Å²) in [6.07, 6.45) is 6.25. The van der Waals surface area contributed by atoms with Gasteiger partial charge in [0.2, 0.25) is 0 Å². The zero-order chi connectivity index (χ0) is 76.7. The topological polar surface area (TPSA) is 109 Å². The van der Waals surface area contributed by atoms with Crippen LogP contribution in [0.15, 0.2) is 233 Å². The second-order valence-corrected chi connectivity index (χ2v) is 28.8. The van der Waals surface area contributed by atoms with Crippen LogP contribution in [0.25, 0.3) is 0 Å². The first-order valence-corrected chi connectivity index (χ1v) is 38.6. The standard InChI is InChI=1S/C9H12O.C9H12.C8H9Cl.C8H10O.2C8H10.C7H7Cl.C7H8.C6H9NO.C6H9NS.C5H7NS.C4H5NS.C3H4N2S/c1-3-8-4-6-9(10-2)7-5-8;1-3-9-6-4-8(2)5-7-9;1-2-7-3-5-8(9)6-4-7;1-7-3-5-8(9-2)6-4-7;1-7-3-5-8(2)6-4-7;1-2-8-6-4-3-5-7-8;1-6-2-4-7(8)5-3-6;1-7-5-3-2-4-6-7;1-4-5(2)7-8-6(4)3;1-4-5(2)8-6(3)7-4;1-4-5(2)7-3-6-4;1-4-5-2-3-6-4;1-3-5-4-2-6-3/h4-7H,3H2,1-2H3;4-7H,3H2,1-2H3;3-6H,2H2,1H3;3-6H,1-2H3;3-6H,1-2H3;3-7H,2H2,1H3;2-5H,1H3;2-6H,1H3;2*1-3H3;3H,1-2H3;2-3H,1H3;2H,1H3. The Morgan fingerprint density at radius 2 is 0.738 bits per heavy atom. The number of benzene rings is 8. The maximum absolute atomic E-state index is 5.67. The molecule has 9 nitrogen and oxygen atoms in total. The van der Waals surface area contributed by atoms with Gasteiger partial charge in [0.15, 0.2) is 0 Å². The molecular weight excluding hydrogens is 1390 g/mol. The first-order valence-electron chi connectivity index (χ1n) is 34.4. The minimum absolute atomic E-state index is 0.801. The van der Waals surface area contributed by atoms with Gasteiger partial charge in [0.25, 0.3) is 0 Å². The van der Waals surface area contributed by atoms with Crippen LogP contribution in [0.5, 0.6) is 11.5 Å². The molecule has 0 aliphatic rings. The van der Waals surface area contributed by atoms with Crippen molar-refractivity contribution >= 4 is 68.5 Å². The molecule has 0 atom stereocenters. The Bertz CT molecular complexity index is 3790. The fraction of sp³-hybridized carbons (Fsp3) is 0.295. The van der Waals surface area contributed by atoms with Gasteiger partial charge in [0.05, 0.1) is 46.8 Å². The van der Waals surface area contributed by atoms with Gasteiger partial charge < -0.3 is 14.0 Å². The maximum Gasteiger partial charge on any atom is 0.136 e. The fourth-order valence-corrected chi connectivity index (χ4v) is 9.99. The van der Waals surface area contributed by atoms with Crippen molar-refractivity contribution in [2.75, 3.05) is 14.2 Å². The molecule has 0 saturated heterocycles. The Balaban J connectivity index is 0.000000559. The molecule has 0 unspecified atom stereocenters. The van der Waals surface area contributed by atoms with Crippen LogP contribution in [-0.2, 0) is 25.7 Å². The molecule has 0 spiro atoms. The smallest absolute Gasteiger partial charge is 0.136 e. The maximum atomic E-state index is 5.67. The third-order valence-corrected chi connectivity index (χ3v) is 18.3. The van der Waals surface area contributed by atoms with Crippen LogP contribution in [0, 0.1) is 111 Å². The molecule has 0 aliphatic heterocycles. The lowest BCUT2D eigenvalue weighted by Crippen LogP contribution is -1.83. The summed E-state index contributed by atoms with van der Waals surface area (Å²) in [6, 6.07) is 69.6. The minimum atomic E-state index is 0.801. The summed E-state index contributed by atoms with van der Waals surface area (Å²) in [5.41, 5.74) is 21.4. The second kappa shape index (κ2) is 57.1. The van der Waals surface area contributed by atoms with Crippen molar-refractivity contribution < 1.29 is 14.0 Å². The molecule has 8 aromatic carbocycles. The summed E-state index contributed by atoms with van der Waals surface area (Å²) in [4.78, 5) is 14.9. The SMILES string of the molecule is CCc1ccc(C)cc1.CCc1ccc(Cl)cc1.CCc1ccc(OC)cc1.CCc1ccccc1.COc1ccc(C)cc1.Cc1ccc(C)cc1.Cc1ccc(Cl)cc1.Cc1ccccc1.Cc1nc(C)c(C)s1.Cc1nccs1.Cc1ncsc1C.Cc1nncs1.Cc1noc(C)c1C. The Labute approximate surface area is 645 Å². The largest absolute Gasteiger partial charge is 0.497 e. The predicted octanol–water partition coefficient (Wildman–Crippen LogP) is 26.6. The summed E-state index contributed by atoms with van der Waals surface area (Å²) in [5.74, 6) is 2.76. The fourth-order valence-electron chi connectivity index (χ4n) is 7.54. The van der Waals surface area contributed by atoms with Crippen LogP contribution in [0.4, 0.5) is 0 Å². The van der Waals surface area contributed by atoms with E-state index in [1.165, 1.54) is 76.1 Å². The molecule has 5 aromatic heterocycles. The third kappa shape index (κ3) is 47.5. The van der Waals surface area contributed by atoms with Crippen molar-refractivity contribution in [3.63, 3.8) is 0 Å². The quantitative estimate of drug-likeness (QED) is 0.161. The highest BCUT2D eigenvalue weighted by molar-refractivity contribution is 7.11. The molecular formula is C88H112Cl2N6O3S4. The van der Waals surface area contributed by atoms with Crippen molar-refractivity contribution in [1.82, 2.24) is 30.3 Å². The molecule has 13 rings (SSSR count). The number of ether oxygens (including phenoxy) is 2. The Hall–Kier alpha value is -8.40. The lowest BCUT2D eigenvalue weighted by molar-refractivity contribution is 0.392. The van der Waals surface area contributed by atoms with E-state index < -0.39 is 0 Å². The number of hydrogen-bond acceptors (Lipinski definition) is 13. The van der Waals surface area contributed by atoms with Crippen LogP contribution in [0.2, 0.25) is 10.0 Å². The van der Waals surface area contributed by atoms with Gasteiger partial charge in [0.1, 0.15) is 27.8 Å². The van der Waals surface area contributed by atoms with E-state index in [0.29, 0.717) is 0 Å². The summed E-state index contributed by atoms with van der Waals surface area (Å²) < 4.78 is 14.8. The molecule has 0 saturated carbocycles. The van der Waals surface area contributed by atoms with E-state index in [1.54, 1.807) is 71.3 Å². The van der Waals surface area contributed by atoms with Gasteiger partial charge in [-0.2, -0.15) is 0 Å². The summed E-state index contributed by atoms with van der Waals surface area (Å²) in [6.45, 7) is 41.1. The van der Waals surface area contributed by atoms with E-state index in [9.17, 15) is 0 Å². The number of nitrogens with zero attached hydrogens (tertiary/aromatic N) is 6. The van der Waals surface area contributed by atoms with Crippen LogP contribution in [0.3, 0.4) is 0 Å². The Morgan fingerprint density at radius 3 is 0.961 bits per heavy atom. The van der Waals surface area contributed by atoms with Gasteiger partial charge in [-0.05, 0) is 207 Å². The molecule has 550 valence electrons. The van der Waals surface area contributed by atoms with Crippen molar-refractivity contribution in [1.29, 1.82) is 0 Å². The van der Waals surface area contributed by atoms with E-state index in [2.05, 4.69) is 204 Å².